The van der Waals surface area contributed by atoms with Gasteiger partial charge in [0.25, 0.3) is 0 Å². The summed E-state index contributed by atoms with van der Waals surface area (Å²) in [6, 6.07) is 0.792. The first kappa shape index (κ1) is 12.5. The predicted molar refractivity (Wildman–Crippen MR) is 74.0 cm³/mol. The highest BCUT2D eigenvalue weighted by atomic mass is 32.2. The molecule has 1 fully saturated rings. The number of hydrogen-bond acceptors (Lipinski definition) is 2. The zero-order valence-corrected chi connectivity index (χ0v) is 11.5. The molecule has 1 N–H and O–H groups in total. The number of allylic oxidation sites excluding steroid dienone is 2. The summed E-state index contributed by atoms with van der Waals surface area (Å²) in [5.74, 6) is 4.38. The normalized spacial score (nSPS) is 35.9. The summed E-state index contributed by atoms with van der Waals surface area (Å²) in [5.41, 5.74) is 1.60. The van der Waals surface area contributed by atoms with E-state index in [0.717, 1.165) is 17.9 Å². The van der Waals surface area contributed by atoms with Crippen LogP contribution in [0.25, 0.3) is 0 Å². The molecule has 1 aliphatic heterocycles. The minimum absolute atomic E-state index is 0.792. The van der Waals surface area contributed by atoms with Crippen molar-refractivity contribution < 1.29 is 0 Å². The Hall–Kier alpha value is 0.0500. The minimum Gasteiger partial charge on any atom is -0.313 e. The monoisotopic (exact) mass is 239 g/mol. The third kappa shape index (κ3) is 3.81. The molecule has 16 heavy (non-hydrogen) atoms. The topological polar surface area (TPSA) is 12.0 Å². The fraction of sp³-hybridized carbons (Fsp3) is 0.857. The Balaban J connectivity index is 1.71. The van der Waals surface area contributed by atoms with E-state index in [4.69, 9.17) is 0 Å². The van der Waals surface area contributed by atoms with Crippen LogP contribution in [0.3, 0.4) is 0 Å². The standard InChI is InChI=1S/C14H25NS/c1-11-6-12(2)8-13(7-11)9-15-14-4-3-5-16-10-14/h6,11,13-15H,3-5,7-10H2,1-2H3. The summed E-state index contributed by atoms with van der Waals surface area (Å²) in [7, 11) is 0. The van der Waals surface area contributed by atoms with E-state index < -0.39 is 0 Å². The molecule has 0 saturated carbocycles. The van der Waals surface area contributed by atoms with Crippen LogP contribution in [-0.4, -0.2) is 24.1 Å². The van der Waals surface area contributed by atoms with Gasteiger partial charge < -0.3 is 5.32 Å². The maximum atomic E-state index is 3.78. The molecule has 1 aliphatic carbocycles. The van der Waals surface area contributed by atoms with E-state index in [2.05, 4.69) is 37.0 Å². The molecule has 0 radical (unpaired) electrons. The quantitative estimate of drug-likeness (QED) is 0.757. The van der Waals surface area contributed by atoms with Gasteiger partial charge in [-0.05, 0) is 56.7 Å². The highest BCUT2D eigenvalue weighted by Gasteiger charge is 2.20. The van der Waals surface area contributed by atoms with Crippen LogP contribution in [0.1, 0.15) is 39.5 Å². The molecule has 1 heterocycles. The first-order valence-electron chi connectivity index (χ1n) is 6.72. The SMILES string of the molecule is CC1=CC(C)CC(CNC2CCCSC2)C1. The van der Waals surface area contributed by atoms with Crippen molar-refractivity contribution in [3.05, 3.63) is 11.6 Å². The van der Waals surface area contributed by atoms with Crippen LogP contribution in [0.4, 0.5) is 0 Å². The molecule has 0 spiro atoms. The van der Waals surface area contributed by atoms with E-state index >= 15 is 0 Å². The van der Waals surface area contributed by atoms with Gasteiger partial charge in [0.1, 0.15) is 0 Å². The Bertz CT molecular complexity index is 243. The van der Waals surface area contributed by atoms with Crippen molar-refractivity contribution >= 4 is 11.8 Å². The molecule has 0 amide bonds. The van der Waals surface area contributed by atoms with Crippen molar-refractivity contribution in [2.45, 2.75) is 45.6 Å². The van der Waals surface area contributed by atoms with Gasteiger partial charge >= 0.3 is 0 Å². The van der Waals surface area contributed by atoms with Crippen molar-refractivity contribution in [3.8, 4) is 0 Å². The van der Waals surface area contributed by atoms with E-state index in [1.807, 2.05) is 0 Å². The summed E-state index contributed by atoms with van der Waals surface area (Å²) in [4.78, 5) is 0. The van der Waals surface area contributed by atoms with Gasteiger partial charge in [-0.3, -0.25) is 0 Å². The van der Waals surface area contributed by atoms with Crippen LogP contribution in [-0.2, 0) is 0 Å². The molecule has 0 bridgehead atoms. The first-order chi connectivity index (χ1) is 7.74. The second-order valence-electron chi connectivity index (χ2n) is 5.62. The Morgan fingerprint density at radius 1 is 1.50 bits per heavy atom. The molecule has 3 atom stereocenters. The molecular weight excluding hydrogens is 214 g/mol. The lowest BCUT2D eigenvalue weighted by Gasteiger charge is -2.29. The maximum absolute atomic E-state index is 3.78. The molecule has 0 aromatic rings. The summed E-state index contributed by atoms with van der Waals surface area (Å²) in [6.45, 7) is 5.88. The van der Waals surface area contributed by atoms with Gasteiger partial charge in [-0.25, -0.2) is 0 Å². The average Bonchev–Trinajstić information content (AvgIpc) is 2.27. The smallest absolute Gasteiger partial charge is 0.0158 e. The van der Waals surface area contributed by atoms with Crippen molar-refractivity contribution in [1.82, 2.24) is 5.32 Å². The first-order valence-corrected chi connectivity index (χ1v) is 7.88. The van der Waals surface area contributed by atoms with Crippen molar-refractivity contribution in [2.75, 3.05) is 18.1 Å². The lowest BCUT2D eigenvalue weighted by atomic mass is 9.83. The molecule has 3 unspecified atom stereocenters. The van der Waals surface area contributed by atoms with Crippen LogP contribution in [0.2, 0.25) is 0 Å². The van der Waals surface area contributed by atoms with E-state index in [0.29, 0.717) is 0 Å². The Kier molecular flexibility index (Phi) is 4.78. The highest BCUT2D eigenvalue weighted by molar-refractivity contribution is 7.99. The maximum Gasteiger partial charge on any atom is 0.0158 e. The van der Waals surface area contributed by atoms with E-state index in [1.165, 1.54) is 43.7 Å². The van der Waals surface area contributed by atoms with E-state index in [1.54, 1.807) is 5.57 Å². The lowest BCUT2D eigenvalue weighted by Crippen LogP contribution is -2.37. The molecular formula is C14H25NS. The number of rotatable bonds is 3. The summed E-state index contributed by atoms with van der Waals surface area (Å²) in [6.07, 6.45) is 7.95. The number of thioether (sulfide) groups is 1. The van der Waals surface area contributed by atoms with Gasteiger partial charge in [0.05, 0.1) is 0 Å². The van der Waals surface area contributed by atoms with Crippen LogP contribution in [0, 0.1) is 11.8 Å². The molecule has 0 aromatic carbocycles. The van der Waals surface area contributed by atoms with Gasteiger partial charge in [0.2, 0.25) is 0 Å². The van der Waals surface area contributed by atoms with E-state index in [-0.39, 0.29) is 0 Å². The molecule has 2 rings (SSSR count). The molecule has 0 aromatic heterocycles. The number of hydrogen-bond donors (Lipinski definition) is 1. The lowest BCUT2D eigenvalue weighted by molar-refractivity contribution is 0.359. The minimum atomic E-state index is 0.792. The van der Waals surface area contributed by atoms with Gasteiger partial charge in [0, 0.05) is 11.8 Å². The Labute approximate surface area is 104 Å². The Morgan fingerprint density at radius 2 is 2.38 bits per heavy atom. The molecule has 92 valence electrons. The average molecular weight is 239 g/mol. The van der Waals surface area contributed by atoms with Crippen LogP contribution in [0.15, 0.2) is 11.6 Å². The zero-order chi connectivity index (χ0) is 11.4. The van der Waals surface area contributed by atoms with Crippen molar-refractivity contribution in [1.29, 1.82) is 0 Å². The van der Waals surface area contributed by atoms with Crippen LogP contribution in [0.5, 0.6) is 0 Å². The largest absolute Gasteiger partial charge is 0.313 e. The third-order valence-electron chi connectivity index (χ3n) is 3.74. The molecule has 2 aliphatic rings. The summed E-state index contributed by atoms with van der Waals surface area (Å²) in [5, 5.41) is 3.78. The second kappa shape index (κ2) is 6.11. The fourth-order valence-corrected chi connectivity index (χ4v) is 4.18. The second-order valence-corrected chi connectivity index (χ2v) is 6.77. The highest BCUT2D eigenvalue weighted by Crippen LogP contribution is 2.27. The van der Waals surface area contributed by atoms with E-state index in [9.17, 15) is 0 Å². The zero-order valence-electron chi connectivity index (χ0n) is 10.7. The molecule has 1 nitrogen and oxygen atoms in total. The van der Waals surface area contributed by atoms with Gasteiger partial charge in [-0.1, -0.05) is 18.6 Å². The van der Waals surface area contributed by atoms with Crippen LogP contribution >= 0.6 is 11.8 Å². The van der Waals surface area contributed by atoms with Gasteiger partial charge in [-0.2, -0.15) is 11.8 Å². The van der Waals surface area contributed by atoms with Gasteiger partial charge in [0.15, 0.2) is 0 Å². The van der Waals surface area contributed by atoms with Gasteiger partial charge in [-0.15, -0.1) is 0 Å². The van der Waals surface area contributed by atoms with Crippen molar-refractivity contribution in [3.63, 3.8) is 0 Å². The Morgan fingerprint density at radius 3 is 3.06 bits per heavy atom. The number of nitrogens with one attached hydrogen (secondary N) is 1. The molecule has 1 saturated heterocycles. The fourth-order valence-electron chi connectivity index (χ4n) is 3.08. The van der Waals surface area contributed by atoms with Crippen LogP contribution < -0.4 is 5.32 Å². The predicted octanol–water partition coefficient (Wildman–Crippen LogP) is 3.46. The summed E-state index contributed by atoms with van der Waals surface area (Å²) < 4.78 is 0. The summed E-state index contributed by atoms with van der Waals surface area (Å²) >= 11 is 2.12. The van der Waals surface area contributed by atoms with Crippen molar-refractivity contribution in [2.24, 2.45) is 11.8 Å². The third-order valence-corrected chi connectivity index (χ3v) is 4.96. The molecule has 2 heteroatoms.